The second kappa shape index (κ2) is 13.2. The molecule has 236 valence electrons. The molecule has 1 unspecified atom stereocenters. The molecule has 0 spiro atoms. The summed E-state index contributed by atoms with van der Waals surface area (Å²) in [6.07, 6.45) is 0. The van der Waals surface area contributed by atoms with Crippen LogP contribution in [-0.2, 0) is 0 Å². The Kier molecular flexibility index (Phi) is 8.94. The number of nitrogens with one attached hydrogen (secondary N) is 1. The van der Waals surface area contributed by atoms with Crippen LogP contribution in [0.25, 0.3) is 0 Å². The number of benzene rings is 5. The molecule has 0 radical (unpaired) electrons. The maximum absolute atomic E-state index is 6.76. The quantitative estimate of drug-likeness (QED) is 0.0639. The summed E-state index contributed by atoms with van der Waals surface area (Å²) in [4.78, 5) is 9.97. The summed E-state index contributed by atoms with van der Waals surface area (Å²) in [7, 11) is -8.15. The van der Waals surface area contributed by atoms with E-state index in [1.807, 2.05) is 0 Å². The van der Waals surface area contributed by atoms with Crippen molar-refractivity contribution in [1.29, 1.82) is 0 Å². The van der Waals surface area contributed by atoms with E-state index in [4.69, 9.17) is 56.1 Å². The van der Waals surface area contributed by atoms with Gasteiger partial charge in [0.15, 0.2) is 21.9 Å². The van der Waals surface area contributed by atoms with Crippen LogP contribution in [0.1, 0.15) is 0 Å². The third kappa shape index (κ3) is 6.41. The smallest absolute Gasteiger partial charge is 0.412 e. The van der Waals surface area contributed by atoms with E-state index < -0.39 is 24.6 Å². The van der Waals surface area contributed by atoms with Gasteiger partial charge in [0.2, 0.25) is 11.5 Å². The molecule has 0 amide bonds. The molecular formula is C30H32N8O5P3+. The standard InChI is InChI=1S/C30H32N8O5P3/c31-21-11-1-6-16-26(21)39-38-45(40-27-17-7-2-12-22(27)32,41-28-18-8-3-13-23(28)33)36-44-37-46(38,42-29-19-9-4-14-24(29)34)43-30-20-10-5-15-25(30)35/h1-20,36,44H,31-35H2/q+1. The number of anilines is 5. The van der Waals surface area contributed by atoms with Crippen LogP contribution < -0.4 is 56.5 Å². The normalized spacial score (nSPS) is 15.7. The van der Waals surface area contributed by atoms with Gasteiger partial charge < -0.3 is 42.6 Å². The van der Waals surface area contributed by atoms with Crippen molar-refractivity contribution in [2.75, 3.05) is 28.7 Å². The van der Waals surface area contributed by atoms with E-state index in [9.17, 15) is 0 Å². The van der Waals surface area contributed by atoms with Crippen LogP contribution in [0.5, 0.6) is 28.7 Å². The minimum absolute atomic E-state index is 0.238. The van der Waals surface area contributed by atoms with Gasteiger partial charge >= 0.3 is 15.7 Å². The monoisotopic (exact) mass is 677 g/mol. The van der Waals surface area contributed by atoms with Crippen LogP contribution >= 0.6 is 24.6 Å². The molecule has 5 aromatic carbocycles. The van der Waals surface area contributed by atoms with Crippen LogP contribution in [0, 0.1) is 0 Å². The molecule has 13 nitrogen and oxygen atoms in total. The van der Waals surface area contributed by atoms with Gasteiger partial charge in [0.05, 0.1) is 28.4 Å². The van der Waals surface area contributed by atoms with Gasteiger partial charge in [-0.15, -0.1) is 0 Å². The van der Waals surface area contributed by atoms with E-state index in [-0.39, 0.29) is 28.7 Å². The van der Waals surface area contributed by atoms with E-state index in [0.717, 1.165) is 0 Å². The maximum Gasteiger partial charge on any atom is 0.573 e. The zero-order valence-corrected chi connectivity index (χ0v) is 27.1. The van der Waals surface area contributed by atoms with Crippen molar-refractivity contribution >= 4 is 53.0 Å². The summed E-state index contributed by atoms with van der Waals surface area (Å²) in [6.45, 7) is 0. The average molecular weight is 678 g/mol. The zero-order chi connectivity index (χ0) is 32.1. The number of nitrogen functional groups attached to an aromatic ring is 5. The molecule has 1 heterocycles. The Morgan fingerprint density at radius 1 is 0.522 bits per heavy atom. The van der Waals surface area contributed by atoms with Crippen LogP contribution in [0.4, 0.5) is 28.4 Å². The Bertz CT molecular complexity index is 1820. The number of rotatable bonds is 10. The highest BCUT2D eigenvalue weighted by molar-refractivity contribution is 7.82. The average Bonchev–Trinajstić information content (AvgIpc) is 3.04. The molecule has 0 bridgehead atoms. The first kappa shape index (κ1) is 31.1. The SMILES string of the molecule is Nc1ccccc1ON1P(Oc2ccccc2N)(Oc2ccccc2N)=NPN[P+]1(Oc1ccccc1N)Oc1ccccc1N. The summed E-state index contributed by atoms with van der Waals surface area (Å²) < 4.78 is 33.2. The fourth-order valence-corrected chi connectivity index (χ4v) is 12.0. The van der Waals surface area contributed by atoms with Crippen molar-refractivity contribution in [2.24, 2.45) is 4.52 Å². The van der Waals surface area contributed by atoms with E-state index in [0.29, 0.717) is 28.4 Å². The molecule has 1 aliphatic heterocycles. The number of para-hydroxylation sites is 10. The second-order valence-electron chi connectivity index (χ2n) is 9.73. The predicted molar refractivity (Wildman–Crippen MR) is 187 cm³/mol. The van der Waals surface area contributed by atoms with Gasteiger partial charge in [-0.25, -0.2) is 0 Å². The highest BCUT2D eigenvalue weighted by atomic mass is 31.3. The Morgan fingerprint density at radius 2 is 0.870 bits per heavy atom. The number of nitrogens with zero attached hydrogens (tertiary/aromatic N) is 2. The van der Waals surface area contributed by atoms with Crippen LogP contribution in [0.2, 0.25) is 0 Å². The maximum atomic E-state index is 6.76. The van der Waals surface area contributed by atoms with Crippen LogP contribution in [0.15, 0.2) is 126 Å². The van der Waals surface area contributed by atoms with Gasteiger partial charge in [-0.3, -0.25) is 9.05 Å². The third-order valence-corrected chi connectivity index (χ3v) is 13.6. The van der Waals surface area contributed by atoms with Gasteiger partial charge in [0.25, 0.3) is 0 Å². The molecule has 6 rings (SSSR count). The first-order valence-electron chi connectivity index (χ1n) is 13.8. The Morgan fingerprint density at radius 3 is 1.26 bits per heavy atom. The fraction of sp³-hybridized carbons (Fsp3) is 0. The predicted octanol–water partition coefficient (Wildman–Crippen LogP) is 7.24. The molecule has 11 N–H and O–H groups in total. The van der Waals surface area contributed by atoms with Gasteiger partial charge in [-0.1, -0.05) is 65.5 Å². The van der Waals surface area contributed by atoms with Gasteiger partial charge in [0.1, 0.15) is 8.88 Å². The molecular weight excluding hydrogens is 645 g/mol. The highest BCUT2D eigenvalue weighted by Crippen LogP contribution is 2.78. The van der Waals surface area contributed by atoms with Crippen molar-refractivity contribution in [3.8, 4) is 28.7 Å². The molecule has 0 fully saturated rings. The molecule has 16 heteroatoms. The fourth-order valence-electron chi connectivity index (χ4n) is 4.18. The van der Waals surface area contributed by atoms with Gasteiger partial charge in [-0.2, -0.15) is 4.52 Å². The van der Waals surface area contributed by atoms with Crippen LogP contribution in [-0.4, -0.2) is 4.60 Å². The van der Waals surface area contributed by atoms with Crippen molar-refractivity contribution in [1.82, 2.24) is 9.46 Å². The highest BCUT2D eigenvalue weighted by Gasteiger charge is 2.70. The Hall–Kier alpha value is -4.89. The summed E-state index contributed by atoms with van der Waals surface area (Å²) >= 11 is 0. The lowest BCUT2D eigenvalue weighted by atomic mass is 10.3. The molecule has 5 aromatic rings. The minimum atomic E-state index is -3.92. The van der Waals surface area contributed by atoms with Crippen molar-refractivity contribution < 1.29 is 22.9 Å². The number of hydrogen-bond acceptors (Lipinski definition) is 13. The summed E-state index contributed by atoms with van der Waals surface area (Å²) in [5.41, 5.74) is 33.6. The van der Waals surface area contributed by atoms with E-state index in [1.165, 1.54) is 4.60 Å². The summed E-state index contributed by atoms with van der Waals surface area (Å²) in [6, 6.07) is 34.7. The lowest BCUT2D eigenvalue weighted by Gasteiger charge is -2.38. The number of nitrogens with two attached hydrogens (primary N) is 5. The van der Waals surface area contributed by atoms with Crippen molar-refractivity contribution in [3.05, 3.63) is 121 Å². The summed E-state index contributed by atoms with van der Waals surface area (Å²) in [5.74, 6) is 1.35. The number of hydrogen-bond donors (Lipinski definition) is 6. The molecule has 1 atom stereocenters. The molecule has 0 aromatic heterocycles. The van der Waals surface area contributed by atoms with Crippen LogP contribution in [0.3, 0.4) is 0 Å². The second-order valence-corrected chi connectivity index (χ2v) is 15.4. The first-order chi connectivity index (χ1) is 22.3. The Labute approximate surface area is 268 Å². The summed E-state index contributed by atoms with van der Waals surface area (Å²) in [5, 5.41) is 0. The van der Waals surface area contributed by atoms with Crippen molar-refractivity contribution in [2.45, 2.75) is 0 Å². The van der Waals surface area contributed by atoms with E-state index in [2.05, 4.69) is 4.86 Å². The van der Waals surface area contributed by atoms with E-state index >= 15 is 0 Å². The lowest BCUT2D eigenvalue weighted by Crippen LogP contribution is -2.41. The first-order valence-corrected chi connectivity index (χ1v) is 17.9. The lowest BCUT2D eigenvalue weighted by molar-refractivity contribution is 0.0836. The minimum Gasteiger partial charge on any atom is -0.412 e. The molecule has 46 heavy (non-hydrogen) atoms. The largest absolute Gasteiger partial charge is 0.573 e. The molecule has 1 aliphatic rings. The van der Waals surface area contributed by atoms with Gasteiger partial charge in [-0.05, 0) is 60.7 Å². The van der Waals surface area contributed by atoms with E-state index in [1.54, 1.807) is 121 Å². The van der Waals surface area contributed by atoms with Gasteiger partial charge in [0, 0.05) is 0 Å². The zero-order valence-electron chi connectivity index (χ0n) is 24.3. The molecule has 0 saturated carbocycles. The topological polar surface area (TPSA) is 204 Å². The third-order valence-electron chi connectivity index (χ3n) is 6.46. The molecule has 0 aliphatic carbocycles. The Balaban J connectivity index is 1.62. The van der Waals surface area contributed by atoms with Crippen molar-refractivity contribution in [3.63, 3.8) is 0 Å². The molecule has 0 saturated heterocycles.